The van der Waals surface area contributed by atoms with Gasteiger partial charge in [0.2, 0.25) is 5.91 Å². The van der Waals surface area contributed by atoms with Gasteiger partial charge >= 0.3 is 0 Å². The molecule has 0 spiro atoms. The lowest BCUT2D eigenvalue weighted by molar-refractivity contribution is -0.130. The first-order chi connectivity index (χ1) is 16.4. The maximum absolute atomic E-state index is 13.1. The van der Waals surface area contributed by atoms with Crippen molar-refractivity contribution in [3.05, 3.63) is 84.2 Å². The highest BCUT2D eigenvalue weighted by molar-refractivity contribution is 7.92. The van der Waals surface area contributed by atoms with E-state index in [0.29, 0.717) is 18.8 Å². The van der Waals surface area contributed by atoms with Crippen molar-refractivity contribution >= 4 is 27.3 Å². The molecule has 178 valence electrons. The molecular formula is C25H26FN3O4S. The van der Waals surface area contributed by atoms with Gasteiger partial charge in [0.25, 0.3) is 10.0 Å². The van der Waals surface area contributed by atoms with Crippen molar-refractivity contribution in [1.29, 1.82) is 0 Å². The van der Waals surface area contributed by atoms with Crippen LogP contribution in [0.25, 0.3) is 0 Å². The largest absolute Gasteiger partial charge is 0.495 e. The minimum atomic E-state index is -3.82. The standard InChI is InChI=1S/C25H26FN3O4S/c1-33-24-5-3-2-4-23(24)28-14-16-29(17-15-28)25(30)18-19-6-10-21(11-7-19)27-34(31,32)22-12-8-20(26)9-13-22/h2-13,27H,14-18H2,1H3. The lowest BCUT2D eigenvalue weighted by Gasteiger charge is -2.36. The highest BCUT2D eigenvalue weighted by Gasteiger charge is 2.23. The summed E-state index contributed by atoms with van der Waals surface area (Å²) in [7, 11) is -2.17. The summed E-state index contributed by atoms with van der Waals surface area (Å²) in [6.07, 6.45) is 0.236. The number of carbonyl (C=O) groups excluding carboxylic acids is 1. The molecule has 34 heavy (non-hydrogen) atoms. The molecule has 3 aromatic carbocycles. The minimum absolute atomic E-state index is 0.0271. The molecule has 7 nitrogen and oxygen atoms in total. The number of benzene rings is 3. The normalized spacial score (nSPS) is 14.1. The predicted octanol–water partition coefficient (Wildman–Crippen LogP) is 3.53. The Labute approximate surface area is 198 Å². The molecule has 1 heterocycles. The van der Waals surface area contributed by atoms with Crippen LogP contribution < -0.4 is 14.4 Å². The van der Waals surface area contributed by atoms with Crippen LogP contribution in [0.4, 0.5) is 15.8 Å². The predicted molar refractivity (Wildman–Crippen MR) is 129 cm³/mol. The Morgan fingerprint density at radius 3 is 2.24 bits per heavy atom. The fraction of sp³-hybridized carbons (Fsp3) is 0.240. The second-order valence-corrected chi connectivity index (χ2v) is 9.66. The van der Waals surface area contributed by atoms with E-state index in [1.807, 2.05) is 29.2 Å². The van der Waals surface area contributed by atoms with Gasteiger partial charge in [0.15, 0.2) is 0 Å². The van der Waals surface area contributed by atoms with Crippen LogP contribution in [-0.2, 0) is 21.2 Å². The van der Waals surface area contributed by atoms with Gasteiger partial charge in [0.05, 0.1) is 24.1 Å². The third kappa shape index (κ3) is 5.48. The van der Waals surface area contributed by atoms with E-state index in [1.54, 1.807) is 31.4 Å². The molecular weight excluding hydrogens is 457 g/mol. The van der Waals surface area contributed by atoms with Gasteiger partial charge < -0.3 is 14.5 Å². The van der Waals surface area contributed by atoms with Crippen LogP contribution in [0.2, 0.25) is 0 Å². The van der Waals surface area contributed by atoms with E-state index in [4.69, 9.17) is 4.74 Å². The monoisotopic (exact) mass is 483 g/mol. The highest BCUT2D eigenvalue weighted by atomic mass is 32.2. The smallest absolute Gasteiger partial charge is 0.261 e. The molecule has 0 atom stereocenters. The van der Waals surface area contributed by atoms with Gasteiger partial charge in [-0.1, -0.05) is 24.3 Å². The topological polar surface area (TPSA) is 79.0 Å². The number of halogens is 1. The average Bonchev–Trinajstić information content (AvgIpc) is 2.85. The molecule has 1 aliphatic rings. The van der Waals surface area contributed by atoms with E-state index in [0.717, 1.165) is 42.2 Å². The van der Waals surface area contributed by atoms with Gasteiger partial charge in [-0.15, -0.1) is 0 Å². The van der Waals surface area contributed by atoms with Crippen molar-refractivity contribution in [2.24, 2.45) is 0 Å². The first-order valence-corrected chi connectivity index (χ1v) is 12.4. The average molecular weight is 484 g/mol. The Morgan fingerprint density at radius 1 is 0.941 bits per heavy atom. The number of amides is 1. The number of anilines is 2. The van der Waals surface area contributed by atoms with E-state index in [2.05, 4.69) is 9.62 Å². The van der Waals surface area contributed by atoms with Crippen molar-refractivity contribution in [3.63, 3.8) is 0 Å². The lowest BCUT2D eigenvalue weighted by Crippen LogP contribution is -2.49. The van der Waals surface area contributed by atoms with Crippen molar-refractivity contribution < 1.29 is 22.3 Å². The van der Waals surface area contributed by atoms with Crippen molar-refractivity contribution in [2.45, 2.75) is 11.3 Å². The number of sulfonamides is 1. The number of para-hydroxylation sites is 2. The number of hydrogen-bond acceptors (Lipinski definition) is 5. The van der Waals surface area contributed by atoms with Crippen LogP contribution in [0.5, 0.6) is 5.75 Å². The highest BCUT2D eigenvalue weighted by Crippen LogP contribution is 2.28. The zero-order valence-electron chi connectivity index (χ0n) is 18.8. The number of carbonyl (C=O) groups is 1. The number of methoxy groups -OCH3 is 1. The molecule has 0 unspecified atom stereocenters. The van der Waals surface area contributed by atoms with Crippen LogP contribution in [0.15, 0.2) is 77.7 Å². The summed E-state index contributed by atoms with van der Waals surface area (Å²) >= 11 is 0. The fourth-order valence-electron chi connectivity index (χ4n) is 3.89. The second kappa shape index (κ2) is 10.1. The third-order valence-electron chi connectivity index (χ3n) is 5.74. The van der Waals surface area contributed by atoms with Crippen LogP contribution in [0, 0.1) is 5.82 Å². The molecule has 0 bridgehead atoms. The van der Waals surface area contributed by atoms with Crippen molar-refractivity contribution in [2.75, 3.05) is 42.9 Å². The molecule has 0 aliphatic carbocycles. The number of nitrogens with zero attached hydrogens (tertiary/aromatic N) is 2. The summed E-state index contributed by atoms with van der Waals surface area (Å²) in [6.45, 7) is 2.67. The number of nitrogens with one attached hydrogen (secondary N) is 1. The zero-order chi connectivity index (χ0) is 24.1. The summed E-state index contributed by atoms with van der Waals surface area (Å²) in [4.78, 5) is 16.8. The Balaban J connectivity index is 1.32. The first kappa shape index (κ1) is 23.6. The molecule has 4 rings (SSSR count). The van der Waals surface area contributed by atoms with Crippen molar-refractivity contribution in [1.82, 2.24) is 4.90 Å². The number of piperazine rings is 1. The van der Waals surface area contributed by atoms with E-state index in [-0.39, 0.29) is 17.2 Å². The zero-order valence-corrected chi connectivity index (χ0v) is 19.6. The third-order valence-corrected chi connectivity index (χ3v) is 7.14. The molecule has 1 amide bonds. The maximum atomic E-state index is 13.1. The molecule has 0 aromatic heterocycles. The Kier molecular flexibility index (Phi) is 7.02. The van der Waals surface area contributed by atoms with Gasteiger partial charge in [-0.25, -0.2) is 12.8 Å². The number of hydrogen-bond donors (Lipinski definition) is 1. The van der Waals surface area contributed by atoms with Crippen LogP contribution >= 0.6 is 0 Å². The van der Waals surface area contributed by atoms with E-state index >= 15 is 0 Å². The molecule has 3 aromatic rings. The Hall–Kier alpha value is -3.59. The maximum Gasteiger partial charge on any atom is 0.261 e. The minimum Gasteiger partial charge on any atom is -0.495 e. The summed E-state index contributed by atoms with van der Waals surface area (Å²) in [5.74, 6) is 0.339. The quantitative estimate of drug-likeness (QED) is 0.556. The Morgan fingerprint density at radius 2 is 1.59 bits per heavy atom. The second-order valence-electron chi connectivity index (χ2n) is 7.97. The van der Waals surface area contributed by atoms with Crippen LogP contribution in [0.1, 0.15) is 5.56 Å². The Bertz CT molecular complexity index is 1240. The van der Waals surface area contributed by atoms with E-state index in [9.17, 15) is 17.6 Å². The number of rotatable bonds is 7. The van der Waals surface area contributed by atoms with E-state index < -0.39 is 15.8 Å². The van der Waals surface area contributed by atoms with Crippen molar-refractivity contribution in [3.8, 4) is 5.75 Å². The molecule has 1 aliphatic heterocycles. The SMILES string of the molecule is COc1ccccc1N1CCN(C(=O)Cc2ccc(NS(=O)(=O)c3ccc(F)cc3)cc2)CC1. The molecule has 9 heteroatoms. The lowest BCUT2D eigenvalue weighted by atomic mass is 10.1. The molecule has 0 radical (unpaired) electrons. The summed E-state index contributed by atoms with van der Waals surface area (Å²) < 4.78 is 45.9. The van der Waals surface area contributed by atoms with Gasteiger partial charge in [0, 0.05) is 31.9 Å². The summed E-state index contributed by atoms with van der Waals surface area (Å²) in [6, 6.07) is 19.1. The first-order valence-electron chi connectivity index (χ1n) is 10.9. The van der Waals surface area contributed by atoms with Gasteiger partial charge in [-0.05, 0) is 54.1 Å². The van der Waals surface area contributed by atoms with Gasteiger partial charge in [0.1, 0.15) is 11.6 Å². The molecule has 1 N–H and O–H groups in total. The van der Waals surface area contributed by atoms with Gasteiger partial charge in [-0.2, -0.15) is 0 Å². The fourth-order valence-corrected chi connectivity index (χ4v) is 4.95. The van der Waals surface area contributed by atoms with Crippen LogP contribution in [-0.4, -0.2) is 52.5 Å². The molecule has 1 saturated heterocycles. The van der Waals surface area contributed by atoms with E-state index in [1.165, 1.54) is 12.1 Å². The number of ether oxygens (including phenoxy) is 1. The van der Waals surface area contributed by atoms with Gasteiger partial charge in [-0.3, -0.25) is 9.52 Å². The van der Waals surface area contributed by atoms with Crippen LogP contribution in [0.3, 0.4) is 0 Å². The summed E-state index contributed by atoms with van der Waals surface area (Å²) in [5.41, 5.74) is 2.18. The molecule has 0 saturated carbocycles. The molecule has 1 fully saturated rings. The summed E-state index contributed by atoms with van der Waals surface area (Å²) in [5, 5.41) is 0.